The van der Waals surface area contributed by atoms with E-state index in [-0.39, 0.29) is 18.0 Å². The Morgan fingerprint density at radius 3 is 2.91 bits per heavy atom. The van der Waals surface area contributed by atoms with Gasteiger partial charge in [-0.3, -0.25) is 9.59 Å². The summed E-state index contributed by atoms with van der Waals surface area (Å²) in [6.07, 6.45) is 3.24. The Morgan fingerprint density at radius 1 is 1.26 bits per heavy atom. The number of hydrogen-bond acceptors (Lipinski definition) is 4. The highest BCUT2D eigenvalue weighted by Gasteiger charge is 2.09. The van der Waals surface area contributed by atoms with Gasteiger partial charge in [0.2, 0.25) is 5.91 Å². The third kappa shape index (κ3) is 3.08. The van der Waals surface area contributed by atoms with Crippen molar-refractivity contribution in [2.24, 2.45) is 0 Å². The normalized spacial score (nSPS) is 10.7. The lowest BCUT2D eigenvalue weighted by atomic mass is 10.2. The first-order valence-corrected chi connectivity index (χ1v) is 7.10. The fourth-order valence-electron chi connectivity index (χ4n) is 2.33. The second kappa shape index (κ2) is 6.35. The molecule has 0 radical (unpaired) electrons. The second-order valence-electron chi connectivity index (χ2n) is 4.98. The third-order valence-electron chi connectivity index (χ3n) is 3.51. The van der Waals surface area contributed by atoms with Gasteiger partial charge in [0.25, 0.3) is 5.56 Å². The SMILES string of the molecule is COc1ccccc1CNC(=O)Cn1ncn2cccc2c1=O. The summed E-state index contributed by atoms with van der Waals surface area (Å²) in [7, 11) is 1.58. The lowest BCUT2D eigenvalue weighted by Gasteiger charge is -2.10. The van der Waals surface area contributed by atoms with Gasteiger partial charge in [-0.1, -0.05) is 18.2 Å². The van der Waals surface area contributed by atoms with E-state index >= 15 is 0 Å². The maximum Gasteiger partial charge on any atom is 0.291 e. The van der Waals surface area contributed by atoms with E-state index in [0.717, 1.165) is 10.2 Å². The first-order valence-electron chi connectivity index (χ1n) is 7.10. The van der Waals surface area contributed by atoms with Crippen LogP contribution in [0.15, 0.2) is 53.7 Å². The number of carbonyl (C=O) groups excluding carboxylic acids is 1. The number of fused-ring (bicyclic) bond motifs is 1. The van der Waals surface area contributed by atoms with Crippen molar-refractivity contribution >= 4 is 11.4 Å². The Bertz CT molecular complexity index is 897. The molecule has 1 N–H and O–H groups in total. The predicted octanol–water partition coefficient (Wildman–Crippen LogP) is 0.821. The first kappa shape index (κ1) is 14.8. The third-order valence-corrected chi connectivity index (χ3v) is 3.51. The van der Waals surface area contributed by atoms with Gasteiger partial charge in [-0.2, -0.15) is 5.10 Å². The van der Waals surface area contributed by atoms with Crippen LogP contribution < -0.4 is 15.6 Å². The molecular formula is C16H16N4O3. The molecule has 1 amide bonds. The molecule has 0 unspecified atom stereocenters. The van der Waals surface area contributed by atoms with Crippen molar-refractivity contribution in [3.63, 3.8) is 0 Å². The molecule has 0 atom stereocenters. The topological polar surface area (TPSA) is 77.6 Å². The van der Waals surface area contributed by atoms with Crippen LogP contribution in [0.4, 0.5) is 0 Å². The van der Waals surface area contributed by atoms with E-state index in [1.54, 1.807) is 29.8 Å². The Kier molecular flexibility index (Phi) is 4.09. The highest BCUT2D eigenvalue weighted by Crippen LogP contribution is 2.16. The van der Waals surface area contributed by atoms with E-state index in [0.29, 0.717) is 17.8 Å². The smallest absolute Gasteiger partial charge is 0.291 e. The lowest BCUT2D eigenvalue weighted by Crippen LogP contribution is -2.34. The Hall–Kier alpha value is -3.09. The second-order valence-corrected chi connectivity index (χ2v) is 4.98. The molecular weight excluding hydrogens is 296 g/mol. The molecule has 7 heteroatoms. The highest BCUT2D eigenvalue weighted by atomic mass is 16.5. The minimum Gasteiger partial charge on any atom is -0.496 e. The Labute approximate surface area is 132 Å². The monoisotopic (exact) mass is 312 g/mol. The molecule has 118 valence electrons. The molecule has 7 nitrogen and oxygen atoms in total. The number of para-hydroxylation sites is 1. The van der Waals surface area contributed by atoms with Crippen LogP contribution in [0.2, 0.25) is 0 Å². The molecule has 1 aromatic carbocycles. The van der Waals surface area contributed by atoms with Gasteiger partial charge in [0.1, 0.15) is 24.1 Å². The summed E-state index contributed by atoms with van der Waals surface area (Å²) in [4.78, 5) is 24.2. The van der Waals surface area contributed by atoms with Crippen LogP contribution in [0.3, 0.4) is 0 Å². The summed E-state index contributed by atoms with van der Waals surface area (Å²) < 4.78 is 8.00. The molecule has 0 bridgehead atoms. The van der Waals surface area contributed by atoms with E-state index in [4.69, 9.17) is 4.74 Å². The van der Waals surface area contributed by atoms with Crippen molar-refractivity contribution in [1.29, 1.82) is 0 Å². The van der Waals surface area contributed by atoms with Crippen molar-refractivity contribution in [2.45, 2.75) is 13.1 Å². The van der Waals surface area contributed by atoms with Gasteiger partial charge in [0.15, 0.2) is 0 Å². The lowest BCUT2D eigenvalue weighted by molar-refractivity contribution is -0.122. The molecule has 23 heavy (non-hydrogen) atoms. The van der Waals surface area contributed by atoms with Crippen LogP contribution >= 0.6 is 0 Å². The average Bonchev–Trinajstić information content (AvgIpc) is 3.05. The molecule has 0 aliphatic rings. The van der Waals surface area contributed by atoms with E-state index in [1.807, 2.05) is 24.3 Å². The van der Waals surface area contributed by atoms with Crippen LogP contribution in [0.1, 0.15) is 5.56 Å². The minimum atomic E-state index is -0.301. The summed E-state index contributed by atoms with van der Waals surface area (Å²) in [5.74, 6) is 0.416. The maximum atomic E-state index is 12.2. The number of hydrogen-bond donors (Lipinski definition) is 1. The number of carbonyl (C=O) groups is 1. The summed E-state index contributed by atoms with van der Waals surface area (Å²) in [5.41, 5.74) is 1.05. The zero-order chi connectivity index (χ0) is 16.2. The van der Waals surface area contributed by atoms with E-state index in [9.17, 15) is 9.59 Å². The molecule has 0 aliphatic carbocycles. The van der Waals surface area contributed by atoms with Crippen LogP contribution in [0.25, 0.3) is 5.52 Å². The number of rotatable bonds is 5. The van der Waals surface area contributed by atoms with Gasteiger partial charge < -0.3 is 14.5 Å². The molecule has 3 aromatic rings. The average molecular weight is 312 g/mol. The molecule has 0 spiro atoms. The van der Waals surface area contributed by atoms with Crippen molar-refractivity contribution in [1.82, 2.24) is 19.5 Å². The van der Waals surface area contributed by atoms with Gasteiger partial charge in [-0.15, -0.1) is 0 Å². The fourth-order valence-corrected chi connectivity index (χ4v) is 2.33. The van der Waals surface area contributed by atoms with Crippen LogP contribution in [0, 0.1) is 0 Å². The quantitative estimate of drug-likeness (QED) is 0.756. The number of nitrogens with one attached hydrogen (secondary N) is 1. The van der Waals surface area contributed by atoms with Crippen LogP contribution in [-0.2, 0) is 17.9 Å². The highest BCUT2D eigenvalue weighted by molar-refractivity contribution is 5.75. The van der Waals surface area contributed by atoms with Gasteiger partial charge in [0, 0.05) is 18.3 Å². The van der Waals surface area contributed by atoms with Crippen LogP contribution in [0.5, 0.6) is 5.75 Å². The van der Waals surface area contributed by atoms with Crippen molar-refractivity contribution in [3.8, 4) is 5.75 Å². The molecule has 3 rings (SSSR count). The zero-order valence-corrected chi connectivity index (χ0v) is 12.6. The number of aromatic nitrogens is 3. The number of methoxy groups -OCH3 is 1. The molecule has 0 aliphatic heterocycles. The summed E-state index contributed by atoms with van der Waals surface area (Å²) in [6, 6.07) is 10.9. The van der Waals surface area contributed by atoms with Gasteiger partial charge in [-0.25, -0.2) is 4.68 Å². The van der Waals surface area contributed by atoms with Gasteiger partial charge in [0.05, 0.1) is 7.11 Å². The zero-order valence-electron chi connectivity index (χ0n) is 12.6. The summed E-state index contributed by atoms with van der Waals surface area (Å²) in [6.45, 7) is 0.195. The molecule has 0 saturated carbocycles. The molecule has 2 heterocycles. The number of amides is 1. The van der Waals surface area contributed by atoms with Crippen molar-refractivity contribution in [2.75, 3.05) is 7.11 Å². The maximum absolute atomic E-state index is 12.2. The summed E-state index contributed by atoms with van der Waals surface area (Å²) in [5, 5.41) is 6.75. The fraction of sp³-hybridized carbons (Fsp3) is 0.188. The molecule has 0 saturated heterocycles. The van der Waals surface area contributed by atoms with Crippen molar-refractivity contribution < 1.29 is 9.53 Å². The number of nitrogens with zero attached hydrogens (tertiary/aromatic N) is 3. The molecule has 0 fully saturated rings. The Morgan fingerprint density at radius 2 is 2.09 bits per heavy atom. The van der Waals surface area contributed by atoms with Crippen LogP contribution in [-0.4, -0.2) is 27.2 Å². The Balaban J connectivity index is 1.69. The standard InChI is InChI=1S/C16H16N4O3/c1-23-14-7-3-2-5-12(14)9-17-15(21)10-20-16(22)13-6-4-8-19(13)11-18-20/h2-8,11H,9-10H2,1H3,(H,17,21). The van der Waals surface area contributed by atoms with Crippen molar-refractivity contribution in [3.05, 3.63) is 64.8 Å². The van der Waals surface area contributed by atoms with E-state index < -0.39 is 0 Å². The predicted molar refractivity (Wildman–Crippen MR) is 84.3 cm³/mol. The summed E-state index contributed by atoms with van der Waals surface area (Å²) >= 11 is 0. The minimum absolute atomic E-state index is 0.129. The largest absolute Gasteiger partial charge is 0.496 e. The number of benzene rings is 1. The van der Waals surface area contributed by atoms with Gasteiger partial charge in [-0.05, 0) is 18.2 Å². The van der Waals surface area contributed by atoms with Gasteiger partial charge >= 0.3 is 0 Å². The number of ether oxygens (including phenoxy) is 1. The molecule has 2 aromatic heterocycles. The first-order chi connectivity index (χ1) is 11.2. The van der Waals surface area contributed by atoms with E-state index in [2.05, 4.69) is 10.4 Å². The van der Waals surface area contributed by atoms with E-state index in [1.165, 1.54) is 6.33 Å².